The highest BCUT2D eigenvalue weighted by Crippen LogP contribution is 2.31. The first kappa shape index (κ1) is 18.5. The number of methoxy groups -OCH3 is 1. The molecular weight excluding hydrogens is 341 g/mol. The molecule has 1 aliphatic rings. The zero-order valence-electron chi connectivity index (χ0n) is 13.3. The first-order valence-electron chi connectivity index (χ1n) is 7.46. The number of likely N-dealkylation sites (tertiary alicyclic amines) is 1. The standard InChI is InChI=1S/C16H19ClFNO5/c1-23-10-16(15(21)22)5-2-6-19(9-16)14(20)8-24-13-4-3-11(18)7-12(13)17/h3-4,7H,2,5-6,8-10H2,1H3,(H,21,22). The Bertz CT molecular complexity index is 622. The average molecular weight is 360 g/mol. The topological polar surface area (TPSA) is 76.1 Å². The molecule has 1 atom stereocenters. The Morgan fingerprint density at radius 1 is 1.46 bits per heavy atom. The van der Waals surface area contributed by atoms with Crippen LogP contribution in [0.4, 0.5) is 4.39 Å². The minimum absolute atomic E-state index is 0.0385. The Morgan fingerprint density at radius 3 is 2.83 bits per heavy atom. The molecule has 1 heterocycles. The second-order valence-electron chi connectivity index (χ2n) is 5.80. The number of piperidine rings is 1. The van der Waals surface area contributed by atoms with Crippen molar-refractivity contribution < 1.29 is 28.6 Å². The molecule has 0 saturated carbocycles. The van der Waals surface area contributed by atoms with E-state index in [1.54, 1.807) is 0 Å². The number of ether oxygens (including phenoxy) is 2. The lowest BCUT2D eigenvalue weighted by Crippen LogP contribution is -2.53. The van der Waals surface area contributed by atoms with Crippen LogP contribution < -0.4 is 4.74 Å². The van der Waals surface area contributed by atoms with Crippen molar-refractivity contribution in [2.45, 2.75) is 12.8 Å². The number of aliphatic carboxylic acids is 1. The van der Waals surface area contributed by atoms with Gasteiger partial charge in [-0.2, -0.15) is 0 Å². The van der Waals surface area contributed by atoms with Crippen LogP contribution >= 0.6 is 11.6 Å². The maximum Gasteiger partial charge on any atom is 0.313 e. The lowest BCUT2D eigenvalue weighted by atomic mass is 9.80. The molecule has 0 spiro atoms. The molecule has 6 nitrogen and oxygen atoms in total. The van der Waals surface area contributed by atoms with Crippen molar-refractivity contribution in [2.75, 3.05) is 33.4 Å². The van der Waals surface area contributed by atoms with Crippen LogP contribution in [0.3, 0.4) is 0 Å². The molecular formula is C16H19ClFNO5. The van der Waals surface area contributed by atoms with E-state index in [0.29, 0.717) is 19.4 Å². The van der Waals surface area contributed by atoms with Crippen molar-refractivity contribution in [1.29, 1.82) is 0 Å². The summed E-state index contributed by atoms with van der Waals surface area (Å²) in [5.41, 5.74) is -1.10. The summed E-state index contributed by atoms with van der Waals surface area (Å²) in [4.78, 5) is 25.4. The smallest absolute Gasteiger partial charge is 0.313 e. The predicted octanol–water partition coefficient (Wildman–Crippen LogP) is 2.20. The number of hydrogen-bond acceptors (Lipinski definition) is 4. The highest BCUT2D eigenvalue weighted by molar-refractivity contribution is 6.32. The quantitative estimate of drug-likeness (QED) is 0.842. The third-order valence-electron chi connectivity index (χ3n) is 4.05. The molecule has 1 amide bonds. The van der Waals surface area contributed by atoms with Gasteiger partial charge in [-0.3, -0.25) is 9.59 Å². The van der Waals surface area contributed by atoms with E-state index in [0.717, 1.165) is 6.07 Å². The van der Waals surface area contributed by atoms with E-state index in [4.69, 9.17) is 21.1 Å². The molecule has 1 aliphatic heterocycles. The Labute approximate surface area is 144 Å². The van der Waals surface area contributed by atoms with Gasteiger partial charge in [0.15, 0.2) is 6.61 Å². The van der Waals surface area contributed by atoms with Crippen molar-refractivity contribution >= 4 is 23.5 Å². The number of hydrogen-bond donors (Lipinski definition) is 1. The zero-order valence-corrected chi connectivity index (χ0v) is 14.0. The summed E-state index contributed by atoms with van der Waals surface area (Å²) in [6.07, 6.45) is 1.02. The van der Waals surface area contributed by atoms with Crippen molar-refractivity contribution in [2.24, 2.45) is 5.41 Å². The Morgan fingerprint density at radius 2 is 2.21 bits per heavy atom. The van der Waals surface area contributed by atoms with Crippen LogP contribution in [0.25, 0.3) is 0 Å². The fourth-order valence-corrected chi connectivity index (χ4v) is 3.02. The molecule has 0 radical (unpaired) electrons. The molecule has 1 N–H and O–H groups in total. The van der Waals surface area contributed by atoms with E-state index in [-0.39, 0.29) is 36.4 Å². The van der Waals surface area contributed by atoms with Crippen molar-refractivity contribution in [1.82, 2.24) is 4.90 Å². The number of benzene rings is 1. The van der Waals surface area contributed by atoms with Gasteiger partial charge in [0, 0.05) is 20.2 Å². The highest BCUT2D eigenvalue weighted by atomic mass is 35.5. The maximum atomic E-state index is 13.0. The predicted molar refractivity (Wildman–Crippen MR) is 84.7 cm³/mol. The lowest BCUT2D eigenvalue weighted by molar-refractivity contribution is -0.159. The maximum absolute atomic E-state index is 13.0. The van der Waals surface area contributed by atoms with Gasteiger partial charge in [-0.25, -0.2) is 4.39 Å². The first-order valence-corrected chi connectivity index (χ1v) is 7.84. The third kappa shape index (κ3) is 4.15. The van der Waals surface area contributed by atoms with Crippen molar-refractivity contribution in [3.05, 3.63) is 29.0 Å². The summed E-state index contributed by atoms with van der Waals surface area (Å²) < 4.78 is 23.3. The number of amides is 1. The second-order valence-corrected chi connectivity index (χ2v) is 6.21. The van der Waals surface area contributed by atoms with E-state index in [1.165, 1.54) is 24.1 Å². The Kier molecular flexibility index (Phi) is 6.01. The number of carbonyl (C=O) groups excluding carboxylic acids is 1. The normalized spacial score (nSPS) is 20.7. The zero-order chi connectivity index (χ0) is 17.7. The molecule has 0 aliphatic carbocycles. The van der Waals surface area contributed by atoms with Crippen LogP contribution in [-0.2, 0) is 14.3 Å². The molecule has 1 aromatic rings. The van der Waals surface area contributed by atoms with Gasteiger partial charge in [0.05, 0.1) is 11.6 Å². The number of halogens is 2. The summed E-state index contributed by atoms with van der Waals surface area (Å²) in [6, 6.07) is 3.62. The van der Waals surface area contributed by atoms with Crippen LogP contribution in [0.2, 0.25) is 5.02 Å². The lowest BCUT2D eigenvalue weighted by Gasteiger charge is -2.39. The van der Waals surface area contributed by atoms with Gasteiger partial charge in [0.25, 0.3) is 5.91 Å². The number of carboxylic acids is 1. The van der Waals surface area contributed by atoms with E-state index >= 15 is 0 Å². The number of carbonyl (C=O) groups is 2. The van der Waals surface area contributed by atoms with Gasteiger partial charge in [-0.1, -0.05) is 11.6 Å². The van der Waals surface area contributed by atoms with E-state index < -0.39 is 17.2 Å². The second kappa shape index (κ2) is 7.81. The van der Waals surface area contributed by atoms with E-state index in [9.17, 15) is 19.1 Å². The fraction of sp³-hybridized carbons (Fsp3) is 0.500. The van der Waals surface area contributed by atoms with E-state index in [1.807, 2.05) is 0 Å². The number of rotatable bonds is 6. The van der Waals surface area contributed by atoms with Gasteiger partial charge in [-0.15, -0.1) is 0 Å². The summed E-state index contributed by atoms with van der Waals surface area (Å²) in [5.74, 6) is -1.63. The van der Waals surface area contributed by atoms with Gasteiger partial charge in [0.2, 0.25) is 0 Å². The van der Waals surface area contributed by atoms with Gasteiger partial charge in [-0.05, 0) is 31.0 Å². The first-order chi connectivity index (χ1) is 11.4. The van der Waals surface area contributed by atoms with Gasteiger partial charge >= 0.3 is 5.97 Å². The van der Waals surface area contributed by atoms with Crippen LogP contribution in [-0.4, -0.2) is 55.3 Å². The average Bonchev–Trinajstić information content (AvgIpc) is 2.54. The van der Waals surface area contributed by atoms with Crippen LogP contribution in [0.15, 0.2) is 18.2 Å². The summed E-state index contributed by atoms with van der Waals surface area (Å²) >= 11 is 5.84. The molecule has 8 heteroatoms. The summed E-state index contributed by atoms with van der Waals surface area (Å²) in [6.45, 7) is 0.262. The molecule has 2 rings (SSSR count). The molecule has 1 saturated heterocycles. The molecule has 1 fully saturated rings. The fourth-order valence-electron chi connectivity index (χ4n) is 2.80. The summed E-state index contributed by atoms with van der Waals surface area (Å²) in [7, 11) is 1.44. The van der Waals surface area contributed by atoms with Crippen molar-refractivity contribution in [3.63, 3.8) is 0 Å². The monoisotopic (exact) mass is 359 g/mol. The summed E-state index contributed by atoms with van der Waals surface area (Å²) in [5, 5.41) is 9.56. The largest absolute Gasteiger partial charge is 0.482 e. The molecule has 1 unspecified atom stereocenters. The van der Waals surface area contributed by atoms with Crippen LogP contribution in [0, 0.1) is 11.2 Å². The Hall–Kier alpha value is -1.86. The van der Waals surface area contributed by atoms with Crippen LogP contribution in [0.5, 0.6) is 5.75 Å². The molecule has 0 aromatic heterocycles. The highest BCUT2D eigenvalue weighted by Gasteiger charge is 2.43. The van der Waals surface area contributed by atoms with Gasteiger partial charge in [0.1, 0.15) is 17.0 Å². The molecule has 132 valence electrons. The number of carboxylic acid groups (broad SMARTS) is 1. The van der Waals surface area contributed by atoms with Gasteiger partial charge < -0.3 is 19.5 Å². The third-order valence-corrected chi connectivity index (χ3v) is 4.34. The van der Waals surface area contributed by atoms with E-state index in [2.05, 4.69) is 0 Å². The molecule has 24 heavy (non-hydrogen) atoms. The SMILES string of the molecule is COCC1(C(=O)O)CCCN(C(=O)COc2ccc(F)cc2Cl)C1. The minimum Gasteiger partial charge on any atom is -0.482 e. The Balaban J connectivity index is 2.00. The molecule has 1 aromatic carbocycles. The minimum atomic E-state index is -1.10. The molecule has 0 bridgehead atoms. The van der Waals surface area contributed by atoms with Crippen molar-refractivity contribution in [3.8, 4) is 5.75 Å². The number of nitrogens with zero attached hydrogens (tertiary/aromatic N) is 1. The van der Waals surface area contributed by atoms with Crippen LogP contribution in [0.1, 0.15) is 12.8 Å².